The smallest absolute Gasteiger partial charge is 0.231 e. The number of aliphatic hydroxyl groups is 1. The molecule has 3 rings (SSSR count). The Bertz CT molecular complexity index is 840. The van der Waals surface area contributed by atoms with Crippen LogP contribution in [0.15, 0.2) is 66.7 Å². The molecule has 0 spiro atoms. The molecule has 0 aliphatic rings. The molecule has 0 heterocycles. The predicted molar refractivity (Wildman–Crippen MR) is 98.2 cm³/mol. The van der Waals surface area contributed by atoms with E-state index in [0.29, 0.717) is 6.42 Å². The number of aliphatic hydroxyl groups excluding tert-OH is 1. The molecular formula is C21H21NO2. The molecule has 1 atom stereocenters. The molecule has 0 bridgehead atoms. The number of fused-ring (bicyclic) bond motifs is 1. The average molecular weight is 319 g/mol. The van der Waals surface area contributed by atoms with Crippen molar-refractivity contribution >= 4 is 22.4 Å². The van der Waals surface area contributed by atoms with Gasteiger partial charge in [0.05, 0.1) is 5.92 Å². The lowest BCUT2D eigenvalue weighted by Gasteiger charge is -2.14. The standard InChI is InChI=1S/C21H21NO2/c1-15(18-9-8-17-4-2-3-5-19(17)14-18)21(24)22-20-10-6-16(7-11-20)12-13-23/h2-11,14-15,23H,12-13H2,1H3,(H,22,24). The van der Waals surface area contributed by atoms with Crippen LogP contribution in [0.2, 0.25) is 0 Å². The number of nitrogens with one attached hydrogen (secondary N) is 1. The normalized spacial score (nSPS) is 12.1. The van der Waals surface area contributed by atoms with Gasteiger partial charge < -0.3 is 10.4 Å². The summed E-state index contributed by atoms with van der Waals surface area (Å²) in [7, 11) is 0. The zero-order valence-corrected chi connectivity index (χ0v) is 13.7. The molecule has 3 nitrogen and oxygen atoms in total. The summed E-state index contributed by atoms with van der Waals surface area (Å²) in [5, 5.41) is 14.2. The van der Waals surface area contributed by atoms with E-state index in [0.717, 1.165) is 22.2 Å². The van der Waals surface area contributed by atoms with Gasteiger partial charge in [0.1, 0.15) is 0 Å². The highest BCUT2D eigenvalue weighted by molar-refractivity contribution is 5.96. The zero-order chi connectivity index (χ0) is 16.9. The third-order valence-corrected chi connectivity index (χ3v) is 4.29. The Balaban J connectivity index is 1.73. The Hall–Kier alpha value is -2.65. The van der Waals surface area contributed by atoms with Crippen LogP contribution in [-0.4, -0.2) is 17.6 Å². The van der Waals surface area contributed by atoms with E-state index in [4.69, 9.17) is 5.11 Å². The molecule has 3 heteroatoms. The van der Waals surface area contributed by atoms with Crippen molar-refractivity contribution in [3.05, 3.63) is 77.9 Å². The summed E-state index contributed by atoms with van der Waals surface area (Å²) < 4.78 is 0. The van der Waals surface area contributed by atoms with E-state index in [1.54, 1.807) is 0 Å². The topological polar surface area (TPSA) is 49.3 Å². The second kappa shape index (κ2) is 7.28. The van der Waals surface area contributed by atoms with Crippen LogP contribution in [0, 0.1) is 0 Å². The van der Waals surface area contributed by atoms with Crippen molar-refractivity contribution in [2.75, 3.05) is 11.9 Å². The minimum absolute atomic E-state index is 0.0276. The van der Waals surface area contributed by atoms with E-state index in [9.17, 15) is 4.79 Å². The monoisotopic (exact) mass is 319 g/mol. The van der Waals surface area contributed by atoms with Crippen molar-refractivity contribution in [2.24, 2.45) is 0 Å². The van der Waals surface area contributed by atoms with Gasteiger partial charge in [0.25, 0.3) is 0 Å². The molecule has 1 amide bonds. The van der Waals surface area contributed by atoms with E-state index in [-0.39, 0.29) is 18.4 Å². The van der Waals surface area contributed by atoms with Crippen LogP contribution in [0.4, 0.5) is 5.69 Å². The SMILES string of the molecule is CC(C(=O)Nc1ccc(CCO)cc1)c1ccc2ccccc2c1. The molecule has 0 aliphatic heterocycles. The van der Waals surface area contributed by atoms with Crippen LogP contribution in [0.25, 0.3) is 10.8 Å². The Morgan fingerprint density at radius 1 is 1.00 bits per heavy atom. The predicted octanol–water partition coefficient (Wildman–Crippen LogP) is 4.12. The molecule has 1 unspecified atom stereocenters. The molecule has 0 saturated carbocycles. The fourth-order valence-electron chi connectivity index (χ4n) is 2.76. The molecule has 3 aromatic carbocycles. The molecule has 24 heavy (non-hydrogen) atoms. The Morgan fingerprint density at radius 3 is 2.42 bits per heavy atom. The van der Waals surface area contributed by atoms with Crippen LogP contribution in [0.3, 0.4) is 0 Å². The highest BCUT2D eigenvalue weighted by Gasteiger charge is 2.15. The molecule has 0 fully saturated rings. The van der Waals surface area contributed by atoms with E-state index < -0.39 is 0 Å². The largest absolute Gasteiger partial charge is 0.396 e. The van der Waals surface area contributed by atoms with Crippen molar-refractivity contribution in [1.29, 1.82) is 0 Å². The maximum atomic E-state index is 12.5. The van der Waals surface area contributed by atoms with Crippen molar-refractivity contribution < 1.29 is 9.90 Å². The van der Waals surface area contributed by atoms with Gasteiger partial charge >= 0.3 is 0 Å². The highest BCUT2D eigenvalue weighted by Crippen LogP contribution is 2.23. The van der Waals surface area contributed by atoms with Crippen molar-refractivity contribution in [2.45, 2.75) is 19.3 Å². The number of hydrogen-bond donors (Lipinski definition) is 2. The van der Waals surface area contributed by atoms with Gasteiger partial charge in [0, 0.05) is 12.3 Å². The first-order chi connectivity index (χ1) is 11.7. The summed E-state index contributed by atoms with van der Waals surface area (Å²) >= 11 is 0. The number of benzene rings is 3. The molecule has 0 aromatic heterocycles. The average Bonchev–Trinajstić information content (AvgIpc) is 2.62. The van der Waals surface area contributed by atoms with Gasteiger partial charge in [-0.3, -0.25) is 4.79 Å². The van der Waals surface area contributed by atoms with Gasteiger partial charge in [0.2, 0.25) is 5.91 Å². The summed E-state index contributed by atoms with van der Waals surface area (Å²) in [5.41, 5.74) is 2.83. The Labute approximate surface area is 142 Å². The summed E-state index contributed by atoms with van der Waals surface area (Å²) in [6.07, 6.45) is 0.627. The number of rotatable bonds is 5. The second-order valence-corrected chi connectivity index (χ2v) is 5.99. The fourth-order valence-corrected chi connectivity index (χ4v) is 2.76. The van der Waals surface area contributed by atoms with Gasteiger partial charge in [-0.15, -0.1) is 0 Å². The first-order valence-electron chi connectivity index (χ1n) is 8.17. The summed E-state index contributed by atoms with van der Waals surface area (Å²) in [5.74, 6) is -0.257. The van der Waals surface area contributed by atoms with Gasteiger partial charge in [-0.1, -0.05) is 54.6 Å². The number of carbonyl (C=O) groups is 1. The lowest BCUT2D eigenvalue weighted by molar-refractivity contribution is -0.117. The van der Waals surface area contributed by atoms with Gasteiger partial charge in [-0.25, -0.2) is 0 Å². The first kappa shape index (κ1) is 16.2. The van der Waals surface area contributed by atoms with Crippen LogP contribution >= 0.6 is 0 Å². The lowest BCUT2D eigenvalue weighted by Crippen LogP contribution is -2.18. The van der Waals surface area contributed by atoms with Crippen molar-refractivity contribution in [3.8, 4) is 0 Å². The maximum Gasteiger partial charge on any atom is 0.231 e. The van der Waals surface area contributed by atoms with E-state index >= 15 is 0 Å². The Morgan fingerprint density at radius 2 is 1.71 bits per heavy atom. The fraction of sp³-hybridized carbons (Fsp3) is 0.190. The lowest BCUT2D eigenvalue weighted by atomic mass is 9.97. The second-order valence-electron chi connectivity index (χ2n) is 5.99. The third-order valence-electron chi connectivity index (χ3n) is 4.29. The van der Waals surface area contributed by atoms with Gasteiger partial charge in [0.15, 0.2) is 0 Å². The van der Waals surface area contributed by atoms with Gasteiger partial charge in [-0.2, -0.15) is 0 Å². The minimum atomic E-state index is -0.230. The number of anilines is 1. The maximum absolute atomic E-state index is 12.5. The molecule has 0 saturated heterocycles. The third kappa shape index (κ3) is 3.63. The quantitative estimate of drug-likeness (QED) is 0.743. The number of amides is 1. The highest BCUT2D eigenvalue weighted by atomic mass is 16.2. The van der Waals surface area contributed by atoms with Crippen molar-refractivity contribution in [3.63, 3.8) is 0 Å². The summed E-state index contributed by atoms with van der Waals surface area (Å²) in [6.45, 7) is 2.05. The zero-order valence-electron chi connectivity index (χ0n) is 13.7. The van der Waals surface area contributed by atoms with Crippen LogP contribution in [0.1, 0.15) is 24.0 Å². The van der Waals surface area contributed by atoms with Crippen LogP contribution < -0.4 is 5.32 Å². The molecule has 0 aliphatic carbocycles. The van der Waals surface area contributed by atoms with Crippen LogP contribution in [-0.2, 0) is 11.2 Å². The number of hydrogen-bond acceptors (Lipinski definition) is 2. The molecule has 2 N–H and O–H groups in total. The molecule has 0 radical (unpaired) electrons. The van der Waals surface area contributed by atoms with E-state index in [1.165, 1.54) is 5.39 Å². The first-order valence-corrected chi connectivity index (χ1v) is 8.17. The molecule has 3 aromatic rings. The van der Waals surface area contributed by atoms with Crippen LogP contribution in [0.5, 0.6) is 0 Å². The Kier molecular flexibility index (Phi) is 4.92. The number of carbonyl (C=O) groups excluding carboxylic acids is 1. The minimum Gasteiger partial charge on any atom is -0.396 e. The molecule has 122 valence electrons. The van der Waals surface area contributed by atoms with E-state index in [1.807, 2.05) is 49.4 Å². The van der Waals surface area contributed by atoms with Crippen molar-refractivity contribution in [1.82, 2.24) is 0 Å². The summed E-state index contributed by atoms with van der Waals surface area (Å²) in [4.78, 5) is 12.5. The molecular weight excluding hydrogens is 298 g/mol. The van der Waals surface area contributed by atoms with Gasteiger partial charge in [-0.05, 0) is 47.4 Å². The van der Waals surface area contributed by atoms with E-state index in [2.05, 4.69) is 29.6 Å². The summed E-state index contributed by atoms with van der Waals surface area (Å²) in [6, 6.07) is 21.9.